The summed E-state index contributed by atoms with van der Waals surface area (Å²) in [5.74, 6) is 0. The number of nitrogens with zero attached hydrogens (tertiary/aromatic N) is 1. The number of hydrogen-bond donors (Lipinski definition) is 0. The Hall–Kier alpha value is -0.813. The third-order valence-corrected chi connectivity index (χ3v) is 8.52. The highest BCUT2D eigenvalue weighted by Gasteiger charge is 2.40. The number of ether oxygens (including phenoxy) is 1. The van der Waals surface area contributed by atoms with E-state index >= 15 is 0 Å². The molecule has 5 heteroatoms. The summed E-state index contributed by atoms with van der Waals surface area (Å²) in [5.41, 5.74) is -0.474. The van der Waals surface area contributed by atoms with Gasteiger partial charge in [0, 0.05) is 6.20 Å². The average molecular weight is 314 g/mol. The van der Waals surface area contributed by atoms with Crippen molar-refractivity contribution >= 4 is 14.4 Å². The molecule has 0 aromatic rings. The van der Waals surface area contributed by atoms with Gasteiger partial charge in [-0.1, -0.05) is 26.8 Å². The minimum Gasteiger partial charge on any atom is -0.443 e. The van der Waals surface area contributed by atoms with Crippen LogP contribution in [0.2, 0.25) is 18.1 Å². The summed E-state index contributed by atoms with van der Waals surface area (Å²) >= 11 is 0. The fourth-order valence-corrected chi connectivity index (χ4v) is 3.19. The molecule has 122 valence electrons. The van der Waals surface area contributed by atoms with Crippen LogP contribution in [0.5, 0.6) is 0 Å². The summed E-state index contributed by atoms with van der Waals surface area (Å²) in [6, 6.07) is 0. The molecule has 0 saturated heterocycles. The molecule has 1 rings (SSSR count). The molecule has 1 atom stereocenters. The number of carbonyl (C=O) groups excluding carboxylic acids is 1. The van der Waals surface area contributed by atoms with Crippen LogP contribution in [-0.2, 0) is 9.16 Å². The zero-order valence-electron chi connectivity index (χ0n) is 14.8. The van der Waals surface area contributed by atoms with Crippen molar-refractivity contribution in [1.82, 2.24) is 4.90 Å². The topological polar surface area (TPSA) is 38.8 Å². The second kappa shape index (κ2) is 6.13. The second-order valence-electron chi connectivity index (χ2n) is 8.25. The van der Waals surface area contributed by atoms with Gasteiger partial charge in [-0.2, -0.15) is 0 Å². The van der Waals surface area contributed by atoms with Crippen molar-refractivity contribution in [3.63, 3.8) is 0 Å². The van der Waals surface area contributed by atoms with E-state index < -0.39 is 13.9 Å². The Balaban J connectivity index is 2.67. The highest BCUT2D eigenvalue weighted by atomic mass is 28.4. The fourth-order valence-electron chi connectivity index (χ4n) is 1.83. The van der Waals surface area contributed by atoms with Crippen LogP contribution in [0.3, 0.4) is 0 Å². The van der Waals surface area contributed by atoms with Gasteiger partial charge in [0.05, 0.1) is 12.6 Å². The second-order valence-corrected chi connectivity index (χ2v) is 13.0. The maximum absolute atomic E-state index is 12.1. The predicted molar refractivity (Wildman–Crippen MR) is 88.8 cm³/mol. The van der Waals surface area contributed by atoms with Crippen molar-refractivity contribution in [1.29, 1.82) is 0 Å². The molecule has 0 spiro atoms. The lowest BCUT2D eigenvalue weighted by Crippen LogP contribution is -2.48. The van der Waals surface area contributed by atoms with Crippen LogP contribution < -0.4 is 0 Å². The van der Waals surface area contributed by atoms with E-state index in [1.54, 1.807) is 11.1 Å². The van der Waals surface area contributed by atoms with Crippen LogP contribution in [-0.4, -0.2) is 37.6 Å². The lowest BCUT2D eigenvalue weighted by atomic mass is 10.2. The monoisotopic (exact) mass is 313 g/mol. The lowest BCUT2D eigenvalue weighted by Gasteiger charge is -2.41. The molecule has 4 nitrogen and oxygen atoms in total. The first-order valence-corrected chi connectivity index (χ1v) is 10.6. The fraction of sp³-hybridized carbons (Fsp3) is 0.812. The van der Waals surface area contributed by atoms with E-state index in [4.69, 9.17) is 9.16 Å². The largest absolute Gasteiger partial charge is 0.443 e. The molecular formula is C16H31NO3Si. The molecule has 0 aliphatic carbocycles. The number of amides is 1. The van der Waals surface area contributed by atoms with Gasteiger partial charge >= 0.3 is 6.09 Å². The Morgan fingerprint density at radius 1 is 1.19 bits per heavy atom. The molecular weight excluding hydrogens is 282 g/mol. The van der Waals surface area contributed by atoms with Gasteiger partial charge in [0.15, 0.2) is 8.32 Å². The Bertz CT molecular complexity index is 405. The smallest absolute Gasteiger partial charge is 0.414 e. The van der Waals surface area contributed by atoms with E-state index in [-0.39, 0.29) is 17.2 Å². The molecule has 0 N–H and O–H groups in total. The van der Waals surface area contributed by atoms with Gasteiger partial charge in [-0.15, -0.1) is 0 Å². The molecule has 0 bridgehead atoms. The Labute approximate surface area is 130 Å². The molecule has 1 amide bonds. The van der Waals surface area contributed by atoms with Crippen molar-refractivity contribution in [3.8, 4) is 0 Å². The van der Waals surface area contributed by atoms with Gasteiger partial charge < -0.3 is 9.16 Å². The average Bonchev–Trinajstić information content (AvgIpc) is 2.24. The van der Waals surface area contributed by atoms with Gasteiger partial charge in [0.2, 0.25) is 0 Å². The van der Waals surface area contributed by atoms with Gasteiger partial charge in [-0.3, -0.25) is 4.90 Å². The van der Waals surface area contributed by atoms with Crippen LogP contribution in [0.15, 0.2) is 12.3 Å². The van der Waals surface area contributed by atoms with Crippen molar-refractivity contribution in [2.75, 3.05) is 6.54 Å². The summed E-state index contributed by atoms with van der Waals surface area (Å²) < 4.78 is 11.8. The van der Waals surface area contributed by atoms with E-state index in [1.807, 2.05) is 26.8 Å². The van der Waals surface area contributed by atoms with Crippen molar-refractivity contribution in [2.45, 2.75) is 77.8 Å². The number of rotatable bonds is 2. The van der Waals surface area contributed by atoms with Crippen LogP contribution in [0.4, 0.5) is 4.79 Å². The molecule has 1 aliphatic heterocycles. The molecule has 1 heterocycles. The first-order chi connectivity index (χ1) is 9.32. The highest BCUT2D eigenvalue weighted by Crippen LogP contribution is 2.38. The molecule has 0 unspecified atom stereocenters. The zero-order valence-corrected chi connectivity index (χ0v) is 15.8. The van der Waals surface area contributed by atoms with E-state index in [1.165, 1.54) is 0 Å². The molecule has 21 heavy (non-hydrogen) atoms. The maximum atomic E-state index is 12.1. The van der Waals surface area contributed by atoms with Gasteiger partial charge in [-0.25, -0.2) is 4.79 Å². The zero-order chi connectivity index (χ0) is 16.5. The van der Waals surface area contributed by atoms with Gasteiger partial charge in [0.1, 0.15) is 5.60 Å². The third-order valence-electron chi connectivity index (χ3n) is 3.98. The predicted octanol–water partition coefficient (Wildman–Crippen LogP) is 4.53. The molecule has 0 radical (unpaired) electrons. The van der Waals surface area contributed by atoms with Crippen molar-refractivity contribution in [2.24, 2.45) is 0 Å². The van der Waals surface area contributed by atoms with Crippen LogP contribution >= 0.6 is 0 Å². The molecule has 0 fully saturated rings. The minimum atomic E-state index is -1.82. The summed E-state index contributed by atoms with van der Waals surface area (Å²) in [5, 5.41) is 0.172. The van der Waals surface area contributed by atoms with Gasteiger partial charge in [-0.05, 0) is 45.3 Å². The SMILES string of the molecule is CC(C)(C)OC(=O)N1C=CC[C@@H](O[Si](C)(C)C(C)(C)C)C1. The Morgan fingerprint density at radius 3 is 2.24 bits per heavy atom. The first kappa shape index (κ1) is 18.2. The number of hydrogen-bond acceptors (Lipinski definition) is 3. The summed E-state index contributed by atoms with van der Waals surface area (Å²) in [7, 11) is -1.82. The quantitative estimate of drug-likeness (QED) is 0.703. The van der Waals surface area contributed by atoms with E-state index in [0.29, 0.717) is 6.54 Å². The summed E-state index contributed by atoms with van der Waals surface area (Å²) in [6.45, 7) is 17.4. The van der Waals surface area contributed by atoms with E-state index in [0.717, 1.165) is 6.42 Å². The third kappa shape index (κ3) is 5.47. The molecule has 0 saturated carbocycles. The standard InChI is InChI=1S/C16H31NO3Si/c1-15(2,3)19-14(18)17-11-9-10-13(12-17)20-21(7,8)16(4,5)6/h9,11,13H,10,12H2,1-8H3/t13-/m1/s1. The van der Waals surface area contributed by atoms with Crippen molar-refractivity contribution in [3.05, 3.63) is 12.3 Å². The molecule has 1 aliphatic rings. The van der Waals surface area contributed by atoms with Crippen molar-refractivity contribution < 1.29 is 14.0 Å². The normalized spacial score (nSPS) is 20.6. The summed E-state index contributed by atoms with van der Waals surface area (Å²) in [6.07, 6.45) is 4.40. The van der Waals surface area contributed by atoms with Crippen LogP contribution in [0.25, 0.3) is 0 Å². The Kier molecular flexibility index (Phi) is 5.32. The highest BCUT2D eigenvalue weighted by molar-refractivity contribution is 6.74. The number of carbonyl (C=O) groups is 1. The maximum Gasteiger partial charge on any atom is 0.414 e. The van der Waals surface area contributed by atoms with E-state index in [2.05, 4.69) is 33.9 Å². The van der Waals surface area contributed by atoms with E-state index in [9.17, 15) is 4.79 Å². The lowest BCUT2D eigenvalue weighted by molar-refractivity contribution is 0.0243. The summed E-state index contributed by atoms with van der Waals surface area (Å²) in [4.78, 5) is 13.7. The first-order valence-electron chi connectivity index (χ1n) is 7.66. The minimum absolute atomic E-state index is 0.0587. The van der Waals surface area contributed by atoms with Crippen LogP contribution in [0, 0.1) is 0 Å². The van der Waals surface area contributed by atoms with Crippen LogP contribution in [0.1, 0.15) is 48.0 Å². The molecule has 0 aromatic heterocycles. The molecule has 0 aromatic carbocycles. The van der Waals surface area contributed by atoms with Gasteiger partial charge in [0.25, 0.3) is 0 Å². The Morgan fingerprint density at radius 2 is 1.76 bits per heavy atom.